The molecule has 1 fully saturated rings. The average molecular weight is 436 g/mol. The summed E-state index contributed by atoms with van der Waals surface area (Å²) in [4.78, 5) is 15.1. The van der Waals surface area contributed by atoms with Crippen LogP contribution in [0.25, 0.3) is 0 Å². The molecule has 1 saturated heterocycles. The second-order valence-corrected chi connectivity index (χ2v) is 9.22. The summed E-state index contributed by atoms with van der Waals surface area (Å²) in [5.41, 5.74) is 3.02. The zero-order chi connectivity index (χ0) is 22.9. The molecule has 0 amide bonds. The Morgan fingerprint density at radius 2 is 1.78 bits per heavy atom. The number of hydrogen-bond acceptors (Lipinski definition) is 5. The van der Waals surface area contributed by atoms with Crippen molar-refractivity contribution in [1.29, 1.82) is 0 Å². The van der Waals surface area contributed by atoms with Gasteiger partial charge in [0.05, 0.1) is 19.8 Å². The Bertz CT molecular complexity index is 1010. The number of allylic oxidation sites excluding steroid dienone is 1. The molecule has 0 radical (unpaired) electrons. The third-order valence-electron chi connectivity index (χ3n) is 7.16. The molecule has 0 spiro atoms. The van der Waals surface area contributed by atoms with Gasteiger partial charge in [0.15, 0.2) is 11.5 Å². The van der Waals surface area contributed by atoms with Crippen molar-refractivity contribution in [3.05, 3.63) is 71.0 Å². The first-order valence-electron chi connectivity index (χ1n) is 11.3. The molecule has 5 nitrogen and oxygen atoms in total. The largest absolute Gasteiger partial charge is 0.493 e. The highest BCUT2D eigenvalue weighted by Crippen LogP contribution is 2.49. The van der Waals surface area contributed by atoms with E-state index in [1.54, 1.807) is 14.2 Å². The minimum absolute atomic E-state index is 0.0247. The minimum Gasteiger partial charge on any atom is -0.493 e. The second kappa shape index (κ2) is 8.99. The van der Waals surface area contributed by atoms with Crippen molar-refractivity contribution in [3.8, 4) is 11.5 Å². The van der Waals surface area contributed by atoms with E-state index in [-0.39, 0.29) is 17.4 Å². The van der Waals surface area contributed by atoms with Gasteiger partial charge in [-0.3, -0.25) is 0 Å². The quantitative estimate of drug-likeness (QED) is 0.576. The summed E-state index contributed by atoms with van der Waals surface area (Å²) in [6.07, 6.45) is 4.69. The Balaban J connectivity index is 1.56. The van der Waals surface area contributed by atoms with Crippen LogP contribution >= 0.6 is 0 Å². The zero-order valence-corrected chi connectivity index (χ0v) is 19.7. The average Bonchev–Trinajstić information content (AvgIpc) is 3.15. The standard InChI is InChI=1S/C27H33NO4/c1-18(2)19-6-8-20(9-7-19)26(29)32-22-12-13-27(14-15-28(3)25(27)17-22)21-10-11-23(30-4)24(16-21)31-5/h6-12,16,18,25H,13-15,17H2,1-5H3/t25-,27-/m0/s1. The first-order chi connectivity index (χ1) is 15.4. The van der Waals surface area contributed by atoms with E-state index in [1.807, 2.05) is 30.3 Å². The van der Waals surface area contributed by atoms with Gasteiger partial charge in [0.1, 0.15) is 5.76 Å². The molecule has 0 saturated carbocycles. The first kappa shape index (κ1) is 22.4. The number of likely N-dealkylation sites (tertiary alicyclic amines) is 1. The van der Waals surface area contributed by atoms with Crippen molar-refractivity contribution in [1.82, 2.24) is 4.90 Å². The number of likely N-dealkylation sites (N-methyl/N-ethyl adjacent to an activating group) is 1. The summed E-state index contributed by atoms with van der Waals surface area (Å²) in [7, 11) is 5.48. The molecule has 170 valence electrons. The van der Waals surface area contributed by atoms with Crippen LogP contribution in [-0.2, 0) is 10.2 Å². The molecule has 2 aromatic rings. The van der Waals surface area contributed by atoms with Crippen molar-refractivity contribution in [2.75, 3.05) is 27.8 Å². The number of carbonyl (C=O) groups is 1. The van der Waals surface area contributed by atoms with Gasteiger partial charge in [0, 0.05) is 17.9 Å². The highest BCUT2D eigenvalue weighted by atomic mass is 16.5. The van der Waals surface area contributed by atoms with Crippen LogP contribution in [0.2, 0.25) is 0 Å². The molecule has 0 N–H and O–H groups in total. The molecular weight excluding hydrogens is 402 g/mol. The fourth-order valence-corrected chi connectivity index (χ4v) is 5.15. The first-order valence-corrected chi connectivity index (χ1v) is 11.3. The summed E-state index contributed by atoms with van der Waals surface area (Å²) >= 11 is 0. The molecule has 2 atom stereocenters. The van der Waals surface area contributed by atoms with Crippen LogP contribution in [0, 0.1) is 0 Å². The van der Waals surface area contributed by atoms with E-state index in [1.165, 1.54) is 11.1 Å². The van der Waals surface area contributed by atoms with E-state index >= 15 is 0 Å². The summed E-state index contributed by atoms with van der Waals surface area (Å²) in [6, 6.07) is 14.2. The SMILES string of the molecule is COc1ccc([C@@]23CC=C(OC(=O)c4ccc(C(C)C)cc4)C[C@@H]2N(C)CC3)cc1OC. The van der Waals surface area contributed by atoms with Crippen molar-refractivity contribution >= 4 is 5.97 Å². The van der Waals surface area contributed by atoms with Gasteiger partial charge < -0.3 is 19.1 Å². The molecule has 5 heteroatoms. The van der Waals surface area contributed by atoms with Crippen molar-refractivity contribution in [2.45, 2.75) is 50.5 Å². The molecule has 2 aliphatic rings. The number of methoxy groups -OCH3 is 2. The summed E-state index contributed by atoms with van der Waals surface area (Å²) in [5, 5.41) is 0. The van der Waals surface area contributed by atoms with Crippen LogP contribution in [0.5, 0.6) is 11.5 Å². The smallest absolute Gasteiger partial charge is 0.343 e. The van der Waals surface area contributed by atoms with Gasteiger partial charge in [-0.1, -0.05) is 32.0 Å². The summed E-state index contributed by atoms with van der Waals surface area (Å²) in [6.45, 7) is 5.29. The molecule has 32 heavy (non-hydrogen) atoms. The number of carbonyl (C=O) groups excluding carboxylic acids is 1. The topological polar surface area (TPSA) is 48.0 Å². The third-order valence-corrected chi connectivity index (χ3v) is 7.16. The van der Waals surface area contributed by atoms with Gasteiger partial charge in [-0.2, -0.15) is 0 Å². The van der Waals surface area contributed by atoms with E-state index < -0.39 is 0 Å². The molecule has 1 aliphatic carbocycles. The highest BCUT2D eigenvalue weighted by Gasteiger charge is 2.49. The lowest BCUT2D eigenvalue weighted by atomic mass is 9.68. The number of esters is 1. The predicted octanol–water partition coefficient (Wildman–Crippen LogP) is 5.30. The Morgan fingerprint density at radius 3 is 2.44 bits per heavy atom. The van der Waals surface area contributed by atoms with Crippen molar-refractivity contribution in [2.24, 2.45) is 0 Å². The number of nitrogens with zero attached hydrogens (tertiary/aromatic N) is 1. The van der Waals surface area contributed by atoms with Crippen LogP contribution in [-0.4, -0.2) is 44.7 Å². The number of fused-ring (bicyclic) bond motifs is 1. The number of benzene rings is 2. The van der Waals surface area contributed by atoms with E-state index in [0.717, 1.165) is 36.6 Å². The number of hydrogen-bond donors (Lipinski definition) is 0. The minimum atomic E-state index is -0.286. The van der Waals surface area contributed by atoms with Crippen LogP contribution in [0.15, 0.2) is 54.3 Å². The van der Waals surface area contributed by atoms with Gasteiger partial charge in [-0.05, 0) is 73.8 Å². The number of ether oxygens (including phenoxy) is 3. The summed E-state index contributed by atoms with van der Waals surface area (Å²) < 4.78 is 16.8. The van der Waals surface area contributed by atoms with E-state index in [9.17, 15) is 4.79 Å². The van der Waals surface area contributed by atoms with Gasteiger partial charge in [-0.25, -0.2) is 4.79 Å². The van der Waals surface area contributed by atoms with E-state index in [2.05, 4.69) is 44.0 Å². The van der Waals surface area contributed by atoms with E-state index in [0.29, 0.717) is 17.9 Å². The Kier molecular flexibility index (Phi) is 6.29. The lowest BCUT2D eigenvalue weighted by Crippen LogP contribution is -2.43. The third kappa shape index (κ3) is 4.02. The fourth-order valence-electron chi connectivity index (χ4n) is 5.15. The van der Waals surface area contributed by atoms with Crippen LogP contribution in [0.3, 0.4) is 0 Å². The van der Waals surface area contributed by atoms with Crippen molar-refractivity contribution < 1.29 is 19.0 Å². The Morgan fingerprint density at radius 1 is 1.06 bits per heavy atom. The van der Waals surface area contributed by atoms with E-state index in [4.69, 9.17) is 14.2 Å². The molecule has 0 unspecified atom stereocenters. The second-order valence-electron chi connectivity index (χ2n) is 9.22. The zero-order valence-electron chi connectivity index (χ0n) is 19.7. The lowest BCUT2D eigenvalue weighted by Gasteiger charge is -2.40. The maximum absolute atomic E-state index is 12.8. The lowest BCUT2D eigenvalue weighted by molar-refractivity contribution is 0.0579. The van der Waals surface area contributed by atoms with Crippen molar-refractivity contribution in [3.63, 3.8) is 0 Å². The normalized spacial score (nSPS) is 22.9. The Hall–Kier alpha value is -2.79. The maximum atomic E-state index is 12.8. The molecule has 2 aromatic carbocycles. The molecule has 1 heterocycles. The van der Waals surface area contributed by atoms with Gasteiger partial charge in [0.25, 0.3) is 0 Å². The monoisotopic (exact) mass is 435 g/mol. The molecular formula is C27H33NO4. The summed E-state index contributed by atoms with van der Waals surface area (Å²) in [5.74, 6) is 2.39. The molecule has 0 bridgehead atoms. The van der Waals surface area contributed by atoms with Gasteiger partial charge >= 0.3 is 5.97 Å². The fraction of sp³-hybridized carbons (Fsp3) is 0.444. The molecule has 0 aromatic heterocycles. The van der Waals surface area contributed by atoms with Gasteiger partial charge in [0.2, 0.25) is 0 Å². The molecule has 4 rings (SSSR count). The molecule has 1 aliphatic heterocycles. The maximum Gasteiger partial charge on any atom is 0.343 e. The number of rotatable bonds is 6. The Labute approximate surface area is 191 Å². The highest BCUT2D eigenvalue weighted by molar-refractivity contribution is 5.90. The van der Waals surface area contributed by atoms with Crippen LogP contribution < -0.4 is 9.47 Å². The predicted molar refractivity (Wildman–Crippen MR) is 126 cm³/mol. The van der Waals surface area contributed by atoms with Crippen LogP contribution in [0.1, 0.15) is 60.5 Å². The van der Waals surface area contributed by atoms with Crippen LogP contribution in [0.4, 0.5) is 0 Å². The van der Waals surface area contributed by atoms with Gasteiger partial charge in [-0.15, -0.1) is 0 Å².